The van der Waals surface area contributed by atoms with Gasteiger partial charge in [0.1, 0.15) is 5.70 Å². The van der Waals surface area contributed by atoms with Gasteiger partial charge in [-0.05, 0) is 36.8 Å². The van der Waals surface area contributed by atoms with E-state index in [1.165, 1.54) is 0 Å². The summed E-state index contributed by atoms with van der Waals surface area (Å²) in [6.07, 6.45) is 14.8. The number of allylic oxidation sites excluding steroid dienone is 8. The fraction of sp³-hybridized carbons (Fsp3) is 0.130. The van der Waals surface area contributed by atoms with Gasteiger partial charge in [0.2, 0.25) is 0 Å². The van der Waals surface area contributed by atoms with E-state index in [9.17, 15) is 4.79 Å². The van der Waals surface area contributed by atoms with E-state index in [-0.39, 0.29) is 5.70 Å². The number of hydrogen-bond acceptors (Lipinski definition) is 5. The van der Waals surface area contributed by atoms with Crippen LogP contribution in [-0.4, -0.2) is 22.3 Å². The highest BCUT2D eigenvalue weighted by atomic mass is 35.5. The maximum absolute atomic E-state index is 11.4. The highest BCUT2D eigenvalue weighted by Crippen LogP contribution is 2.27. The van der Waals surface area contributed by atoms with Crippen LogP contribution in [-0.2, 0) is 11.2 Å². The summed E-state index contributed by atoms with van der Waals surface area (Å²) >= 11 is 6.07. The topological polar surface area (TPSA) is 93.3 Å². The molecule has 3 N–H and O–H groups in total. The molecular formula is C23H20ClN5O. The number of hydrogen-bond donors (Lipinski definition) is 2. The quantitative estimate of drug-likeness (QED) is 0.757. The van der Waals surface area contributed by atoms with Crippen molar-refractivity contribution in [3.05, 3.63) is 88.4 Å². The van der Waals surface area contributed by atoms with Crippen LogP contribution in [0.2, 0.25) is 0 Å². The van der Waals surface area contributed by atoms with Gasteiger partial charge in [-0.3, -0.25) is 9.79 Å². The first-order valence-corrected chi connectivity index (χ1v) is 9.94. The molecule has 4 rings (SSSR count). The van der Waals surface area contributed by atoms with Crippen LogP contribution in [0.15, 0.2) is 87.7 Å². The number of anilines is 1. The second kappa shape index (κ2) is 8.88. The van der Waals surface area contributed by atoms with Gasteiger partial charge in [-0.2, -0.15) is 5.10 Å². The van der Waals surface area contributed by atoms with Crippen LogP contribution < -0.4 is 11.1 Å². The largest absolute Gasteiger partial charge is 0.364 e. The smallest absolute Gasteiger partial charge is 0.266 e. The molecule has 150 valence electrons. The van der Waals surface area contributed by atoms with Crippen molar-refractivity contribution in [1.29, 1.82) is 0 Å². The van der Waals surface area contributed by atoms with E-state index in [0.717, 1.165) is 34.2 Å². The first-order valence-electron chi connectivity index (χ1n) is 9.56. The number of fused-ring (bicyclic) bond motifs is 1. The van der Waals surface area contributed by atoms with E-state index in [0.29, 0.717) is 23.7 Å². The Bertz CT molecular complexity index is 1190. The minimum atomic E-state index is -0.527. The van der Waals surface area contributed by atoms with Gasteiger partial charge < -0.3 is 11.1 Å². The summed E-state index contributed by atoms with van der Waals surface area (Å²) < 4.78 is 0. The van der Waals surface area contributed by atoms with Gasteiger partial charge in [0.25, 0.3) is 5.91 Å². The predicted octanol–water partition coefficient (Wildman–Crippen LogP) is 4.32. The summed E-state index contributed by atoms with van der Waals surface area (Å²) in [6, 6.07) is 8.04. The Hall–Kier alpha value is -3.51. The number of halogens is 1. The van der Waals surface area contributed by atoms with Crippen LogP contribution in [0.25, 0.3) is 10.8 Å². The number of aromatic nitrogens is 2. The number of primary amides is 1. The molecule has 30 heavy (non-hydrogen) atoms. The normalized spacial score (nSPS) is 16.2. The monoisotopic (exact) mass is 417 g/mol. The molecule has 1 aromatic heterocycles. The van der Waals surface area contributed by atoms with E-state index < -0.39 is 5.91 Å². The average Bonchev–Trinajstić information content (AvgIpc) is 3.10. The lowest BCUT2D eigenvalue weighted by Gasteiger charge is -2.13. The Morgan fingerprint density at radius 3 is 2.77 bits per heavy atom. The van der Waals surface area contributed by atoms with Crippen molar-refractivity contribution in [2.24, 2.45) is 10.7 Å². The summed E-state index contributed by atoms with van der Waals surface area (Å²) in [7, 11) is 0. The zero-order chi connectivity index (χ0) is 20.9. The summed E-state index contributed by atoms with van der Waals surface area (Å²) in [5, 5.41) is 15.0. The molecule has 0 unspecified atom stereocenters. The van der Waals surface area contributed by atoms with Crippen molar-refractivity contribution in [3.8, 4) is 0 Å². The molecule has 2 aliphatic rings. The van der Waals surface area contributed by atoms with Crippen molar-refractivity contribution >= 4 is 40.3 Å². The second-order valence-corrected chi connectivity index (χ2v) is 7.39. The molecule has 1 aliphatic carbocycles. The Morgan fingerprint density at radius 1 is 1.10 bits per heavy atom. The number of nitrogens with one attached hydrogen (secondary N) is 1. The molecular weight excluding hydrogens is 398 g/mol. The highest BCUT2D eigenvalue weighted by Gasteiger charge is 2.13. The Morgan fingerprint density at radius 2 is 1.93 bits per heavy atom. The minimum absolute atomic E-state index is 0.275. The van der Waals surface area contributed by atoms with E-state index in [4.69, 9.17) is 17.3 Å². The van der Waals surface area contributed by atoms with Crippen molar-refractivity contribution in [2.45, 2.75) is 19.3 Å². The molecule has 0 bridgehead atoms. The molecule has 2 heterocycles. The zero-order valence-corrected chi connectivity index (χ0v) is 16.9. The van der Waals surface area contributed by atoms with Gasteiger partial charge >= 0.3 is 0 Å². The molecule has 0 radical (unpaired) electrons. The van der Waals surface area contributed by atoms with Crippen LogP contribution in [0, 0.1) is 0 Å². The molecule has 2 aromatic rings. The summed E-state index contributed by atoms with van der Waals surface area (Å²) in [5.41, 5.74) is 8.53. The third-order valence-corrected chi connectivity index (χ3v) is 5.08. The molecule has 0 saturated carbocycles. The predicted molar refractivity (Wildman–Crippen MR) is 121 cm³/mol. The number of rotatable bonds is 5. The minimum Gasteiger partial charge on any atom is -0.364 e. The van der Waals surface area contributed by atoms with Gasteiger partial charge in [-0.25, -0.2) is 0 Å². The third kappa shape index (κ3) is 4.55. The number of carbonyl (C=O) groups is 1. The number of amides is 1. The van der Waals surface area contributed by atoms with Gasteiger partial charge in [0, 0.05) is 40.6 Å². The van der Waals surface area contributed by atoms with Crippen LogP contribution in [0.4, 0.5) is 5.82 Å². The van der Waals surface area contributed by atoms with Crippen LogP contribution in [0.3, 0.4) is 0 Å². The van der Waals surface area contributed by atoms with Gasteiger partial charge in [0.15, 0.2) is 5.82 Å². The number of nitrogens with two attached hydrogens (primary N) is 1. The highest BCUT2D eigenvalue weighted by molar-refractivity contribution is 6.31. The fourth-order valence-electron chi connectivity index (χ4n) is 3.31. The van der Waals surface area contributed by atoms with E-state index in [2.05, 4.69) is 20.5 Å². The fourth-order valence-corrected chi connectivity index (χ4v) is 3.46. The molecule has 6 nitrogen and oxygen atoms in total. The van der Waals surface area contributed by atoms with Crippen molar-refractivity contribution in [1.82, 2.24) is 10.2 Å². The van der Waals surface area contributed by atoms with Crippen LogP contribution >= 0.6 is 11.6 Å². The first-order chi connectivity index (χ1) is 14.6. The lowest BCUT2D eigenvalue weighted by molar-refractivity contribution is -0.114. The molecule has 0 saturated heterocycles. The lowest BCUT2D eigenvalue weighted by atomic mass is 10.0. The number of carbonyl (C=O) groups excluding carboxylic acids is 1. The Labute approximate surface area is 179 Å². The molecule has 1 aliphatic heterocycles. The Kier molecular flexibility index (Phi) is 5.86. The van der Waals surface area contributed by atoms with Crippen LogP contribution in [0.1, 0.15) is 18.5 Å². The lowest BCUT2D eigenvalue weighted by Crippen LogP contribution is -2.12. The molecule has 0 fully saturated rings. The van der Waals surface area contributed by atoms with Crippen molar-refractivity contribution in [2.75, 3.05) is 5.32 Å². The average molecular weight is 418 g/mol. The second-order valence-electron chi connectivity index (χ2n) is 6.95. The first kappa shape index (κ1) is 19.8. The van der Waals surface area contributed by atoms with Gasteiger partial charge in [-0.1, -0.05) is 47.5 Å². The van der Waals surface area contributed by atoms with Gasteiger partial charge in [0.05, 0.1) is 5.69 Å². The zero-order valence-electron chi connectivity index (χ0n) is 16.2. The molecule has 7 heteroatoms. The molecule has 1 aromatic carbocycles. The van der Waals surface area contributed by atoms with Crippen molar-refractivity contribution < 1.29 is 4.79 Å². The summed E-state index contributed by atoms with van der Waals surface area (Å²) in [5.74, 6) is 0.174. The molecule has 1 amide bonds. The summed E-state index contributed by atoms with van der Waals surface area (Å²) in [4.78, 5) is 15.4. The number of aliphatic imine (C=N–C) groups is 1. The molecule has 0 atom stereocenters. The SMILES string of the molecule is NC(=O)C1=CCC(Cc2nnc(NC3=CC=C(Cl)C=CC3)c3ccccc23)=CC=N1. The van der Waals surface area contributed by atoms with E-state index >= 15 is 0 Å². The molecule has 0 spiro atoms. The third-order valence-electron chi connectivity index (χ3n) is 4.83. The number of benzene rings is 1. The standard InChI is InChI=1S/C23H20ClN5O/c24-16-4-3-5-17(10-9-16)27-23-19-7-2-1-6-18(19)21(28-29-23)14-15-8-11-20(22(25)30)26-13-12-15/h1-4,6-7,9-13H,5,8,14H2,(H2,25,30)(H,27,29). The van der Waals surface area contributed by atoms with E-state index in [1.807, 2.05) is 54.6 Å². The maximum Gasteiger partial charge on any atom is 0.266 e. The maximum atomic E-state index is 11.4. The summed E-state index contributed by atoms with van der Waals surface area (Å²) in [6.45, 7) is 0. The Balaban J connectivity index is 1.62. The van der Waals surface area contributed by atoms with Gasteiger partial charge in [-0.15, -0.1) is 5.10 Å². The van der Waals surface area contributed by atoms with E-state index in [1.54, 1.807) is 12.3 Å². The van der Waals surface area contributed by atoms with Crippen molar-refractivity contribution in [3.63, 3.8) is 0 Å². The number of nitrogens with zero attached hydrogens (tertiary/aromatic N) is 3. The van der Waals surface area contributed by atoms with Crippen LogP contribution in [0.5, 0.6) is 0 Å².